The van der Waals surface area contributed by atoms with E-state index in [2.05, 4.69) is 42.5 Å². The minimum atomic E-state index is -0.930. The molecule has 5 rings (SSSR count). The van der Waals surface area contributed by atoms with Gasteiger partial charge in [0.15, 0.2) is 0 Å². The Labute approximate surface area is 178 Å². The SMILES string of the molecule is O=C(O)c1cc2cc(-c3cccs3)ccc2n1C(c1ccccc1)c1ccccc1. The summed E-state index contributed by atoms with van der Waals surface area (Å²) >= 11 is 1.68. The normalized spacial score (nSPS) is 11.2. The summed E-state index contributed by atoms with van der Waals surface area (Å²) in [6, 6.07) is 32.0. The van der Waals surface area contributed by atoms with Gasteiger partial charge in [0.05, 0.1) is 6.04 Å². The monoisotopic (exact) mass is 409 g/mol. The molecule has 0 aliphatic heterocycles. The molecular formula is C26H19NO2S. The molecule has 0 atom stereocenters. The molecule has 0 aliphatic carbocycles. The minimum absolute atomic E-state index is 0.233. The van der Waals surface area contributed by atoms with E-state index in [1.807, 2.05) is 58.5 Å². The van der Waals surface area contributed by atoms with Gasteiger partial charge < -0.3 is 9.67 Å². The zero-order valence-electron chi connectivity index (χ0n) is 16.1. The highest BCUT2D eigenvalue weighted by molar-refractivity contribution is 7.13. The molecule has 0 saturated carbocycles. The van der Waals surface area contributed by atoms with Crippen LogP contribution >= 0.6 is 11.3 Å². The lowest BCUT2D eigenvalue weighted by Gasteiger charge is -2.23. The second-order valence-corrected chi connectivity index (χ2v) is 8.13. The highest BCUT2D eigenvalue weighted by Gasteiger charge is 2.24. The topological polar surface area (TPSA) is 42.2 Å². The Bertz CT molecular complexity index is 1270. The number of fused-ring (bicyclic) bond motifs is 1. The van der Waals surface area contributed by atoms with E-state index in [0.29, 0.717) is 0 Å². The van der Waals surface area contributed by atoms with Crippen molar-refractivity contribution in [2.45, 2.75) is 6.04 Å². The maximum absolute atomic E-state index is 12.3. The number of hydrogen-bond acceptors (Lipinski definition) is 2. The van der Waals surface area contributed by atoms with Gasteiger partial charge in [0, 0.05) is 15.8 Å². The maximum atomic E-state index is 12.3. The van der Waals surface area contributed by atoms with Crippen LogP contribution in [-0.4, -0.2) is 15.6 Å². The first kappa shape index (κ1) is 18.4. The number of aromatic nitrogens is 1. The standard InChI is InChI=1S/C26H19NO2S/c28-26(29)23-17-21-16-20(24-12-7-15-30-24)13-14-22(21)27(23)25(18-8-3-1-4-9-18)19-10-5-2-6-11-19/h1-17,25H,(H,28,29). The summed E-state index contributed by atoms with van der Waals surface area (Å²) in [5, 5.41) is 13.0. The Hall–Kier alpha value is -3.63. The first-order valence-electron chi connectivity index (χ1n) is 9.74. The van der Waals surface area contributed by atoms with E-state index in [1.54, 1.807) is 17.4 Å². The second kappa shape index (κ2) is 7.65. The predicted molar refractivity (Wildman–Crippen MR) is 122 cm³/mol. The van der Waals surface area contributed by atoms with E-state index >= 15 is 0 Å². The maximum Gasteiger partial charge on any atom is 0.352 e. The quantitative estimate of drug-likeness (QED) is 0.351. The van der Waals surface area contributed by atoms with Crippen molar-refractivity contribution in [1.82, 2.24) is 4.57 Å². The van der Waals surface area contributed by atoms with Crippen molar-refractivity contribution in [1.29, 1.82) is 0 Å². The number of thiophene rings is 1. The molecule has 1 N–H and O–H groups in total. The molecule has 3 aromatic carbocycles. The molecule has 0 spiro atoms. The summed E-state index contributed by atoms with van der Waals surface area (Å²) < 4.78 is 1.94. The smallest absolute Gasteiger partial charge is 0.352 e. The van der Waals surface area contributed by atoms with Crippen LogP contribution in [0.5, 0.6) is 0 Å². The van der Waals surface area contributed by atoms with Crippen LogP contribution in [0.4, 0.5) is 0 Å². The third kappa shape index (κ3) is 3.21. The van der Waals surface area contributed by atoms with Gasteiger partial charge >= 0.3 is 5.97 Å². The number of carbonyl (C=O) groups is 1. The van der Waals surface area contributed by atoms with Gasteiger partial charge in [-0.2, -0.15) is 0 Å². The first-order valence-corrected chi connectivity index (χ1v) is 10.6. The largest absolute Gasteiger partial charge is 0.477 e. The van der Waals surface area contributed by atoms with E-state index in [9.17, 15) is 9.90 Å². The Morgan fingerprint density at radius 2 is 1.47 bits per heavy atom. The van der Waals surface area contributed by atoms with Crippen LogP contribution in [0.2, 0.25) is 0 Å². The summed E-state index contributed by atoms with van der Waals surface area (Å²) in [7, 11) is 0. The lowest BCUT2D eigenvalue weighted by Crippen LogP contribution is -2.17. The predicted octanol–water partition coefficient (Wildman–Crippen LogP) is 6.71. The van der Waals surface area contributed by atoms with Crippen LogP contribution in [-0.2, 0) is 0 Å². The molecule has 0 bridgehead atoms. The highest BCUT2D eigenvalue weighted by atomic mass is 32.1. The van der Waals surface area contributed by atoms with E-state index in [4.69, 9.17) is 0 Å². The third-order valence-corrected chi connectivity index (χ3v) is 6.27. The van der Waals surface area contributed by atoms with Crippen LogP contribution in [0.3, 0.4) is 0 Å². The molecule has 30 heavy (non-hydrogen) atoms. The number of aromatic carboxylic acids is 1. The van der Waals surface area contributed by atoms with Gasteiger partial charge in [0.25, 0.3) is 0 Å². The van der Waals surface area contributed by atoms with Crippen LogP contribution in [0.1, 0.15) is 27.7 Å². The fourth-order valence-corrected chi connectivity index (χ4v) is 4.76. The highest BCUT2D eigenvalue weighted by Crippen LogP contribution is 2.35. The second-order valence-electron chi connectivity index (χ2n) is 7.18. The summed E-state index contributed by atoms with van der Waals surface area (Å²) in [5.74, 6) is -0.930. The fraction of sp³-hybridized carbons (Fsp3) is 0.0385. The molecular weight excluding hydrogens is 390 g/mol. The summed E-state index contributed by atoms with van der Waals surface area (Å²) in [4.78, 5) is 13.4. The number of hydrogen-bond donors (Lipinski definition) is 1. The van der Waals surface area contributed by atoms with Crippen molar-refractivity contribution in [2.75, 3.05) is 0 Å². The van der Waals surface area contributed by atoms with Gasteiger partial charge in [-0.25, -0.2) is 4.79 Å². The lowest BCUT2D eigenvalue weighted by atomic mass is 9.98. The van der Waals surface area contributed by atoms with Crippen molar-refractivity contribution < 1.29 is 9.90 Å². The first-order chi connectivity index (χ1) is 14.7. The Morgan fingerprint density at radius 1 is 0.800 bits per heavy atom. The zero-order chi connectivity index (χ0) is 20.5. The molecule has 0 saturated heterocycles. The molecule has 2 heterocycles. The van der Waals surface area contributed by atoms with Crippen LogP contribution in [0.15, 0.2) is 102 Å². The minimum Gasteiger partial charge on any atom is -0.477 e. The number of nitrogens with zero attached hydrogens (tertiary/aromatic N) is 1. The number of benzene rings is 3. The van der Waals surface area contributed by atoms with E-state index in [0.717, 1.165) is 27.6 Å². The molecule has 146 valence electrons. The van der Waals surface area contributed by atoms with E-state index in [1.165, 1.54) is 4.88 Å². The van der Waals surface area contributed by atoms with Gasteiger partial charge in [0.2, 0.25) is 0 Å². The van der Waals surface area contributed by atoms with E-state index < -0.39 is 5.97 Å². The lowest BCUT2D eigenvalue weighted by molar-refractivity contribution is 0.0685. The third-order valence-electron chi connectivity index (χ3n) is 5.35. The van der Waals surface area contributed by atoms with Crippen molar-refractivity contribution in [3.05, 3.63) is 119 Å². The van der Waals surface area contributed by atoms with Crippen molar-refractivity contribution in [2.24, 2.45) is 0 Å². The fourth-order valence-electron chi connectivity index (χ4n) is 4.04. The van der Waals surface area contributed by atoms with Crippen LogP contribution < -0.4 is 0 Å². The molecule has 0 amide bonds. The molecule has 2 aromatic heterocycles. The summed E-state index contributed by atoms with van der Waals surface area (Å²) in [6.45, 7) is 0. The average molecular weight is 410 g/mol. The number of rotatable bonds is 5. The van der Waals surface area contributed by atoms with Gasteiger partial charge in [-0.3, -0.25) is 0 Å². The number of carboxylic acids is 1. The van der Waals surface area contributed by atoms with Crippen LogP contribution in [0, 0.1) is 0 Å². The molecule has 0 radical (unpaired) electrons. The molecule has 0 unspecified atom stereocenters. The Kier molecular flexibility index (Phi) is 4.69. The number of carboxylic acid groups (broad SMARTS) is 1. The zero-order valence-corrected chi connectivity index (χ0v) is 16.9. The summed E-state index contributed by atoms with van der Waals surface area (Å²) in [5.41, 5.74) is 4.39. The van der Waals surface area contributed by atoms with E-state index in [-0.39, 0.29) is 11.7 Å². The van der Waals surface area contributed by atoms with Crippen LogP contribution in [0.25, 0.3) is 21.3 Å². The molecule has 4 heteroatoms. The summed E-state index contributed by atoms with van der Waals surface area (Å²) in [6.07, 6.45) is 0. The average Bonchev–Trinajstić information content (AvgIpc) is 3.44. The van der Waals surface area contributed by atoms with Gasteiger partial charge in [-0.15, -0.1) is 11.3 Å². The molecule has 0 aliphatic rings. The Balaban J connectivity index is 1.78. The molecule has 3 nitrogen and oxygen atoms in total. The van der Waals surface area contributed by atoms with Gasteiger partial charge in [0.1, 0.15) is 5.69 Å². The van der Waals surface area contributed by atoms with Gasteiger partial charge in [-0.05, 0) is 46.3 Å². The van der Waals surface area contributed by atoms with Crippen molar-refractivity contribution in [3.63, 3.8) is 0 Å². The van der Waals surface area contributed by atoms with Gasteiger partial charge in [-0.1, -0.05) is 72.8 Å². The van der Waals surface area contributed by atoms with Crippen molar-refractivity contribution >= 4 is 28.2 Å². The molecule has 0 fully saturated rings. The Morgan fingerprint density at radius 3 is 2.03 bits per heavy atom. The van der Waals surface area contributed by atoms with Crippen molar-refractivity contribution in [3.8, 4) is 10.4 Å². The molecule has 5 aromatic rings.